The molecule has 0 unspecified atom stereocenters. The zero-order valence-electron chi connectivity index (χ0n) is 10.7. The first kappa shape index (κ1) is 12.9. The predicted octanol–water partition coefficient (Wildman–Crippen LogP) is 3.07. The molecule has 6 heteroatoms. The highest BCUT2D eigenvalue weighted by Crippen LogP contribution is 2.16. The van der Waals surface area contributed by atoms with Crippen LogP contribution in [0.4, 0.5) is 10.3 Å². The number of halogens is 1. The third-order valence-electron chi connectivity index (χ3n) is 2.69. The Balaban J connectivity index is 1.55. The van der Waals surface area contributed by atoms with Crippen LogP contribution in [0, 0.1) is 5.82 Å². The molecule has 0 saturated heterocycles. The smallest absolute Gasteiger partial charge is 0.243 e. The lowest BCUT2D eigenvalue weighted by Gasteiger charge is -2.01. The average molecular weight is 288 g/mol. The van der Waals surface area contributed by atoms with E-state index in [0.717, 1.165) is 12.3 Å². The highest BCUT2D eigenvalue weighted by atomic mass is 32.2. The molecule has 102 valence electrons. The summed E-state index contributed by atoms with van der Waals surface area (Å²) in [6, 6.07) is 13.2. The zero-order chi connectivity index (χ0) is 13.8. The van der Waals surface area contributed by atoms with Crippen molar-refractivity contribution in [1.29, 1.82) is 0 Å². The standard InChI is InChI=1S/C14H13FN4S/c15-11-6-7-13-17-14(18-19(13)10-11)16-8-9-20-12-4-2-1-3-5-12/h1-7,10H,8-9H2,(H,16,18). The molecule has 3 rings (SSSR count). The molecule has 0 radical (unpaired) electrons. The van der Waals surface area contributed by atoms with Crippen LogP contribution in [0.2, 0.25) is 0 Å². The second-order valence-electron chi connectivity index (χ2n) is 4.17. The fraction of sp³-hybridized carbons (Fsp3) is 0.143. The van der Waals surface area contributed by atoms with Gasteiger partial charge < -0.3 is 5.32 Å². The monoisotopic (exact) mass is 288 g/mol. The molecule has 0 atom stereocenters. The molecule has 0 fully saturated rings. The van der Waals surface area contributed by atoms with Crippen LogP contribution in [0.5, 0.6) is 0 Å². The molecule has 2 heterocycles. The lowest BCUT2D eigenvalue weighted by molar-refractivity contribution is 0.615. The topological polar surface area (TPSA) is 42.2 Å². The second-order valence-corrected chi connectivity index (χ2v) is 5.34. The highest BCUT2D eigenvalue weighted by molar-refractivity contribution is 7.99. The number of nitrogens with one attached hydrogen (secondary N) is 1. The van der Waals surface area contributed by atoms with Crippen LogP contribution >= 0.6 is 11.8 Å². The van der Waals surface area contributed by atoms with Gasteiger partial charge in [0.25, 0.3) is 0 Å². The first-order chi connectivity index (χ1) is 9.81. The molecular weight excluding hydrogens is 275 g/mol. The summed E-state index contributed by atoms with van der Waals surface area (Å²) < 4.78 is 14.5. The maximum atomic E-state index is 13.0. The van der Waals surface area contributed by atoms with Gasteiger partial charge >= 0.3 is 0 Å². The molecule has 0 bridgehead atoms. The number of hydrogen-bond donors (Lipinski definition) is 1. The minimum absolute atomic E-state index is 0.325. The van der Waals surface area contributed by atoms with E-state index in [1.165, 1.54) is 21.7 Å². The number of rotatable bonds is 5. The van der Waals surface area contributed by atoms with Crippen LogP contribution in [0.3, 0.4) is 0 Å². The Morgan fingerprint density at radius 1 is 1.15 bits per heavy atom. The molecule has 0 spiro atoms. The van der Waals surface area contributed by atoms with Gasteiger partial charge in [0.2, 0.25) is 5.95 Å². The minimum atomic E-state index is -0.325. The average Bonchev–Trinajstić information content (AvgIpc) is 2.86. The third kappa shape index (κ3) is 3.08. The summed E-state index contributed by atoms with van der Waals surface area (Å²) in [7, 11) is 0. The number of anilines is 1. The quantitative estimate of drug-likeness (QED) is 0.579. The Kier molecular flexibility index (Phi) is 3.83. The van der Waals surface area contributed by atoms with Crippen molar-refractivity contribution in [3.63, 3.8) is 0 Å². The van der Waals surface area contributed by atoms with Crippen molar-refractivity contribution in [1.82, 2.24) is 14.6 Å². The van der Waals surface area contributed by atoms with E-state index in [1.54, 1.807) is 17.8 Å². The Labute approximate surface area is 120 Å². The summed E-state index contributed by atoms with van der Waals surface area (Å²) in [5.74, 6) is 1.10. The van der Waals surface area contributed by atoms with E-state index < -0.39 is 0 Å². The summed E-state index contributed by atoms with van der Waals surface area (Å²) >= 11 is 1.76. The Morgan fingerprint density at radius 3 is 2.85 bits per heavy atom. The van der Waals surface area contributed by atoms with Crippen LogP contribution in [0.1, 0.15) is 0 Å². The largest absolute Gasteiger partial charge is 0.352 e. The highest BCUT2D eigenvalue weighted by Gasteiger charge is 2.03. The summed E-state index contributed by atoms with van der Waals surface area (Å²) in [4.78, 5) is 5.50. The van der Waals surface area contributed by atoms with Crippen molar-refractivity contribution < 1.29 is 4.39 Å². The Morgan fingerprint density at radius 2 is 2.00 bits per heavy atom. The summed E-state index contributed by atoms with van der Waals surface area (Å²) in [6.45, 7) is 0.749. The summed E-state index contributed by atoms with van der Waals surface area (Å²) in [5.41, 5.74) is 0.629. The SMILES string of the molecule is Fc1ccc2nc(NCCSc3ccccc3)nn2c1. The number of benzene rings is 1. The van der Waals surface area contributed by atoms with Crippen molar-refractivity contribution in [3.05, 3.63) is 54.5 Å². The Bertz CT molecular complexity index is 699. The van der Waals surface area contributed by atoms with Gasteiger partial charge in [-0.3, -0.25) is 0 Å². The van der Waals surface area contributed by atoms with E-state index in [9.17, 15) is 4.39 Å². The first-order valence-corrected chi connectivity index (χ1v) is 7.23. The van der Waals surface area contributed by atoms with Crippen LogP contribution < -0.4 is 5.32 Å². The molecule has 0 aliphatic heterocycles. The van der Waals surface area contributed by atoms with Crippen LogP contribution in [-0.4, -0.2) is 26.9 Å². The van der Waals surface area contributed by atoms with Gasteiger partial charge in [-0.2, -0.15) is 4.98 Å². The van der Waals surface area contributed by atoms with Gasteiger partial charge in [-0.15, -0.1) is 16.9 Å². The minimum Gasteiger partial charge on any atom is -0.352 e. The second kappa shape index (κ2) is 5.92. The summed E-state index contributed by atoms with van der Waals surface area (Å²) in [6.07, 6.45) is 1.31. The molecule has 1 aromatic carbocycles. The maximum Gasteiger partial charge on any atom is 0.243 e. The van der Waals surface area contributed by atoms with E-state index in [1.807, 2.05) is 18.2 Å². The van der Waals surface area contributed by atoms with Gasteiger partial charge in [0, 0.05) is 17.2 Å². The number of aromatic nitrogens is 3. The van der Waals surface area contributed by atoms with E-state index in [0.29, 0.717) is 11.6 Å². The number of fused-ring (bicyclic) bond motifs is 1. The lowest BCUT2D eigenvalue weighted by atomic mass is 10.4. The molecule has 2 aromatic heterocycles. The molecule has 0 saturated carbocycles. The molecule has 0 amide bonds. The molecule has 1 N–H and O–H groups in total. The van der Waals surface area contributed by atoms with Crippen LogP contribution in [-0.2, 0) is 0 Å². The predicted molar refractivity (Wildman–Crippen MR) is 78.6 cm³/mol. The van der Waals surface area contributed by atoms with E-state index in [4.69, 9.17) is 0 Å². The van der Waals surface area contributed by atoms with E-state index in [2.05, 4.69) is 27.5 Å². The van der Waals surface area contributed by atoms with Gasteiger partial charge in [0.05, 0.1) is 6.20 Å². The van der Waals surface area contributed by atoms with Crippen molar-refractivity contribution in [2.45, 2.75) is 4.90 Å². The van der Waals surface area contributed by atoms with E-state index >= 15 is 0 Å². The first-order valence-electron chi connectivity index (χ1n) is 6.25. The number of pyridine rings is 1. The Hall–Kier alpha value is -2.08. The number of hydrogen-bond acceptors (Lipinski definition) is 4. The lowest BCUT2D eigenvalue weighted by Crippen LogP contribution is -2.05. The third-order valence-corrected chi connectivity index (χ3v) is 3.71. The van der Waals surface area contributed by atoms with Crippen LogP contribution in [0.25, 0.3) is 5.65 Å². The summed E-state index contributed by atoms with van der Waals surface area (Å²) in [5, 5.41) is 7.30. The van der Waals surface area contributed by atoms with Crippen LogP contribution in [0.15, 0.2) is 53.6 Å². The molecule has 4 nitrogen and oxygen atoms in total. The molecule has 0 aliphatic carbocycles. The van der Waals surface area contributed by atoms with Crippen molar-refractivity contribution >= 4 is 23.4 Å². The van der Waals surface area contributed by atoms with Crippen molar-refractivity contribution in [3.8, 4) is 0 Å². The van der Waals surface area contributed by atoms with Gasteiger partial charge in [0.15, 0.2) is 5.65 Å². The van der Waals surface area contributed by atoms with E-state index in [-0.39, 0.29) is 5.82 Å². The van der Waals surface area contributed by atoms with Gasteiger partial charge in [-0.25, -0.2) is 8.91 Å². The van der Waals surface area contributed by atoms with Gasteiger partial charge in [-0.05, 0) is 24.3 Å². The van der Waals surface area contributed by atoms with Crippen molar-refractivity contribution in [2.75, 3.05) is 17.6 Å². The fourth-order valence-corrected chi connectivity index (χ4v) is 2.57. The zero-order valence-corrected chi connectivity index (χ0v) is 11.5. The molecule has 20 heavy (non-hydrogen) atoms. The number of nitrogens with zero attached hydrogens (tertiary/aromatic N) is 3. The molecular formula is C14H13FN4S. The molecule has 3 aromatic rings. The van der Waals surface area contributed by atoms with Crippen molar-refractivity contribution in [2.24, 2.45) is 0 Å². The number of thioether (sulfide) groups is 1. The molecule has 0 aliphatic rings. The normalized spacial score (nSPS) is 10.8. The fourth-order valence-electron chi connectivity index (χ4n) is 1.78. The van der Waals surface area contributed by atoms with Gasteiger partial charge in [-0.1, -0.05) is 18.2 Å². The maximum absolute atomic E-state index is 13.0. The van der Waals surface area contributed by atoms with Gasteiger partial charge in [0.1, 0.15) is 5.82 Å².